The molecule has 0 heterocycles. The van der Waals surface area contributed by atoms with Crippen molar-refractivity contribution in [2.75, 3.05) is 0 Å². The normalized spacial score (nSPS) is 11.6. The summed E-state index contributed by atoms with van der Waals surface area (Å²) in [7, 11) is 0. The molecule has 16 heavy (non-hydrogen) atoms. The zero-order valence-electron chi connectivity index (χ0n) is 8.22. The van der Waals surface area contributed by atoms with Crippen LogP contribution in [0.25, 0.3) is 0 Å². The van der Waals surface area contributed by atoms with Gasteiger partial charge in [-0.15, -0.1) is 0 Å². The summed E-state index contributed by atoms with van der Waals surface area (Å²) in [6, 6.07) is 5.26. The molecule has 0 saturated carbocycles. The monoisotopic (exact) mass is 268 g/mol. The van der Waals surface area contributed by atoms with Gasteiger partial charge in [-0.2, -0.15) is 8.78 Å². The van der Waals surface area contributed by atoms with Crippen molar-refractivity contribution >= 4 is 29.0 Å². The van der Waals surface area contributed by atoms with Gasteiger partial charge in [0.1, 0.15) is 5.75 Å². The minimum absolute atomic E-state index is 0.110. The van der Waals surface area contributed by atoms with Crippen molar-refractivity contribution in [1.29, 1.82) is 0 Å². The number of carbonyl (C=O) groups is 1. The van der Waals surface area contributed by atoms with Crippen LogP contribution >= 0.6 is 23.2 Å². The van der Waals surface area contributed by atoms with Crippen LogP contribution in [0, 0.1) is 0 Å². The van der Waals surface area contributed by atoms with Crippen LogP contribution in [0.4, 0.5) is 8.78 Å². The maximum absolute atomic E-state index is 12.9. The molecule has 0 amide bonds. The number of Topliss-reactive ketones (excluding diaryl/α,β-unsaturated/α-hetero) is 1. The maximum Gasteiger partial charge on any atom is 0.428 e. The van der Waals surface area contributed by atoms with Crippen molar-refractivity contribution in [2.45, 2.75) is 17.9 Å². The van der Waals surface area contributed by atoms with Gasteiger partial charge < -0.3 is 4.74 Å². The molecule has 1 aromatic rings. The highest BCUT2D eigenvalue weighted by Crippen LogP contribution is 2.30. The SMILES string of the molecule is CC(=O)c1ccc(OC(F)(F)C(Cl)Cl)cc1. The summed E-state index contributed by atoms with van der Waals surface area (Å²) in [5, 5.41) is 0. The maximum atomic E-state index is 12.9. The number of benzene rings is 1. The lowest BCUT2D eigenvalue weighted by molar-refractivity contribution is -0.163. The molecule has 0 fully saturated rings. The van der Waals surface area contributed by atoms with Gasteiger partial charge in [-0.05, 0) is 31.2 Å². The Labute approximate surface area is 101 Å². The van der Waals surface area contributed by atoms with E-state index in [4.69, 9.17) is 23.2 Å². The quantitative estimate of drug-likeness (QED) is 0.615. The van der Waals surface area contributed by atoms with Crippen molar-refractivity contribution in [3.05, 3.63) is 29.8 Å². The molecule has 0 aliphatic heterocycles. The van der Waals surface area contributed by atoms with E-state index in [1.165, 1.54) is 31.2 Å². The van der Waals surface area contributed by atoms with Gasteiger partial charge in [0.05, 0.1) is 0 Å². The summed E-state index contributed by atoms with van der Waals surface area (Å²) < 4.78 is 30.2. The van der Waals surface area contributed by atoms with Crippen molar-refractivity contribution in [2.24, 2.45) is 0 Å². The van der Waals surface area contributed by atoms with Crippen LogP contribution in [0.1, 0.15) is 17.3 Å². The Kier molecular flexibility index (Phi) is 4.10. The van der Waals surface area contributed by atoms with E-state index in [1.807, 2.05) is 0 Å². The average Bonchev–Trinajstić information content (AvgIpc) is 2.17. The van der Waals surface area contributed by atoms with Crippen LogP contribution in [0.15, 0.2) is 24.3 Å². The fraction of sp³-hybridized carbons (Fsp3) is 0.300. The van der Waals surface area contributed by atoms with Gasteiger partial charge in [-0.25, -0.2) is 0 Å². The highest BCUT2D eigenvalue weighted by atomic mass is 35.5. The van der Waals surface area contributed by atoms with Crippen molar-refractivity contribution in [1.82, 2.24) is 0 Å². The lowest BCUT2D eigenvalue weighted by atomic mass is 10.1. The van der Waals surface area contributed by atoms with Crippen molar-refractivity contribution in [3.8, 4) is 5.75 Å². The standard InChI is InChI=1S/C10H8Cl2F2O2/c1-6(15)7-2-4-8(5-3-7)16-10(13,14)9(11)12/h2-5,9H,1H3. The second kappa shape index (κ2) is 4.97. The molecule has 0 bridgehead atoms. The third-order valence-electron chi connectivity index (χ3n) is 1.77. The Morgan fingerprint density at radius 3 is 2.19 bits per heavy atom. The molecule has 0 atom stereocenters. The summed E-state index contributed by atoms with van der Waals surface area (Å²) >= 11 is 10.1. The molecule has 0 aliphatic rings. The second-order valence-electron chi connectivity index (χ2n) is 3.05. The van der Waals surface area contributed by atoms with Crippen LogP contribution in [0.3, 0.4) is 0 Å². The van der Waals surface area contributed by atoms with Gasteiger partial charge >= 0.3 is 6.11 Å². The Morgan fingerprint density at radius 2 is 1.81 bits per heavy atom. The van der Waals surface area contributed by atoms with Crippen LogP contribution in [0.5, 0.6) is 5.75 Å². The molecule has 0 N–H and O–H groups in total. The lowest BCUT2D eigenvalue weighted by Gasteiger charge is -2.18. The zero-order valence-corrected chi connectivity index (χ0v) is 9.73. The summed E-state index contributed by atoms with van der Waals surface area (Å²) in [5.74, 6) is -0.271. The van der Waals surface area contributed by atoms with Crippen LogP contribution in [-0.4, -0.2) is 16.7 Å². The van der Waals surface area contributed by atoms with Gasteiger partial charge in [0.2, 0.25) is 4.84 Å². The zero-order chi connectivity index (χ0) is 12.3. The molecule has 0 aliphatic carbocycles. The van der Waals surface area contributed by atoms with E-state index < -0.39 is 10.9 Å². The molecule has 1 aromatic carbocycles. The summed E-state index contributed by atoms with van der Waals surface area (Å²) in [5.41, 5.74) is 0.406. The number of hydrogen-bond donors (Lipinski definition) is 0. The topological polar surface area (TPSA) is 26.3 Å². The lowest BCUT2D eigenvalue weighted by Crippen LogP contribution is -2.32. The fourth-order valence-corrected chi connectivity index (χ4v) is 1.05. The van der Waals surface area contributed by atoms with Gasteiger partial charge in [-0.1, -0.05) is 23.2 Å². The third-order valence-corrected chi connectivity index (χ3v) is 2.28. The Bertz CT molecular complexity index is 377. The fourth-order valence-electron chi connectivity index (χ4n) is 0.959. The van der Waals surface area contributed by atoms with Crippen molar-refractivity contribution < 1.29 is 18.3 Å². The molecule has 0 saturated heterocycles. The molecular weight excluding hydrogens is 261 g/mol. The Morgan fingerprint density at radius 1 is 1.31 bits per heavy atom. The van der Waals surface area contributed by atoms with E-state index in [2.05, 4.69) is 4.74 Å². The van der Waals surface area contributed by atoms with E-state index in [0.29, 0.717) is 5.56 Å². The molecule has 2 nitrogen and oxygen atoms in total. The van der Waals surface area contributed by atoms with Gasteiger partial charge in [-0.3, -0.25) is 4.79 Å². The molecule has 1 rings (SSSR count). The first-order valence-corrected chi connectivity index (χ1v) is 5.16. The molecule has 6 heteroatoms. The third kappa shape index (κ3) is 3.32. The first-order valence-electron chi connectivity index (χ1n) is 4.29. The summed E-state index contributed by atoms with van der Waals surface area (Å²) in [4.78, 5) is 8.96. The van der Waals surface area contributed by atoms with Gasteiger partial charge in [0, 0.05) is 5.56 Å². The first-order chi connectivity index (χ1) is 7.33. The molecule has 0 spiro atoms. The first kappa shape index (κ1) is 13.2. The highest BCUT2D eigenvalue weighted by molar-refractivity contribution is 6.44. The highest BCUT2D eigenvalue weighted by Gasteiger charge is 2.40. The molecule has 0 unspecified atom stereocenters. The minimum Gasteiger partial charge on any atom is -0.431 e. The van der Waals surface area contributed by atoms with E-state index in [1.54, 1.807) is 0 Å². The number of carbonyl (C=O) groups excluding carboxylic acids is 1. The van der Waals surface area contributed by atoms with Gasteiger partial charge in [0.25, 0.3) is 0 Å². The predicted molar refractivity (Wildman–Crippen MR) is 57.5 cm³/mol. The molecular formula is C10H8Cl2F2O2. The minimum atomic E-state index is -3.67. The van der Waals surface area contributed by atoms with E-state index in [9.17, 15) is 13.6 Å². The van der Waals surface area contributed by atoms with Crippen LogP contribution < -0.4 is 4.74 Å². The molecule has 0 radical (unpaired) electrons. The van der Waals surface area contributed by atoms with Crippen LogP contribution in [0.2, 0.25) is 0 Å². The number of halogens is 4. The predicted octanol–water partition coefficient (Wildman–Crippen LogP) is 3.66. The van der Waals surface area contributed by atoms with E-state index in [-0.39, 0.29) is 11.5 Å². The Balaban J connectivity index is 2.80. The average molecular weight is 269 g/mol. The number of rotatable bonds is 4. The number of ether oxygens (including phenoxy) is 1. The van der Waals surface area contributed by atoms with E-state index >= 15 is 0 Å². The summed E-state index contributed by atoms with van der Waals surface area (Å²) in [6.45, 7) is 1.37. The molecule has 88 valence electrons. The van der Waals surface area contributed by atoms with Gasteiger partial charge in [0.15, 0.2) is 5.78 Å². The second-order valence-corrected chi connectivity index (χ2v) is 4.14. The Hall–Kier alpha value is -0.870. The van der Waals surface area contributed by atoms with Crippen LogP contribution in [-0.2, 0) is 0 Å². The van der Waals surface area contributed by atoms with E-state index in [0.717, 1.165) is 0 Å². The number of hydrogen-bond acceptors (Lipinski definition) is 2. The number of ketones is 1. The molecule has 0 aromatic heterocycles. The smallest absolute Gasteiger partial charge is 0.428 e. The summed E-state index contributed by atoms with van der Waals surface area (Å²) in [6.07, 6.45) is -3.67. The van der Waals surface area contributed by atoms with Crippen molar-refractivity contribution in [3.63, 3.8) is 0 Å². The number of alkyl halides is 4. The largest absolute Gasteiger partial charge is 0.431 e.